The first kappa shape index (κ1) is 14.9. The number of aliphatic imine (C=N–C) groups is 1. The number of hydrogen-bond donors (Lipinski definition) is 2. The summed E-state index contributed by atoms with van der Waals surface area (Å²) in [6.45, 7) is 0. The third-order valence-electron chi connectivity index (χ3n) is 4.58. The lowest BCUT2D eigenvalue weighted by Gasteiger charge is -2.36. The van der Waals surface area contributed by atoms with E-state index in [4.69, 9.17) is 9.73 Å². The molecule has 1 aromatic carbocycles. The first-order valence-corrected chi connectivity index (χ1v) is 8.00. The smallest absolute Gasteiger partial charge is 0.266 e. The van der Waals surface area contributed by atoms with Crippen molar-refractivity contribution in [2.75, 3.05) is 7.11 Å². The Morgan fingerprint density at radius 1 is 1.09 bits per heavy atom. The number of carbonyl (C=O) groups is 1. The minimum absolute atomic E-state index is 0.0281. The van der Waals surface area contributed by atoms with Crippen LogP contribution in [-0.4, -0.2) is 24.4 Å². The maximum Gasteiger partial charge on any atom is 0.266 e. The van der Waals surface area contributed by atoms with Gasteiger partial charge in [0.15, 0.2) is 0 Å². The van der Waals surface area contributed by atoms with Gasteiger partial charge < -0.3 is 4.74 Å². The summed E-state index contributed by atoms with van der Waals surface area (Å²) in [6.07, 6.45) is 6.81. The first-order valence-electron chi connectivity index (χ1n) is 8.00. The quantitative estimate of drug-likeness (QED) is 0.897. The van der Waals surface area contributed by atoms with Crippen LogP contribution in [0.15, 0.2) is 29.3 Å². The molecular formula is C17H23N3O2. The van der Waals surface area contributed by atoms with E-state index in [0.29, 0.717) is 0 Å². The Labute approximate surface area is 131 Å². The zero-order chi connectivity index (χ0) is 15.4. The van der Waals surface area contributed by atoms with Gasteiger partial charge in [0.05, 0.1) is 7.11 Å². The molecule has 5 nitrogen and oxygen atoms in total. The van der Waals surface area contributed by atoms with Crippen LogP contribution in [0.4, 0.5) is 0 Å². The van der Waals surface area contributed by atoms with Crippen LogP contribution >= 0.6 is 0 Å². The number of hydrogen-bond acceptors (Lipinski definition) is 4. The maximum atomic E-state index is 12.2. The molecule has 0 aromatic heterocycles. The van der Waals surface area contributed by atoms with E-state index in [9.17, 15) is 4.79 Å². The lowest BCUT2D eigenvalue weighted by atomic mass is 9.81. The molecule has 0 saturated heterocycles. The van der Waals surface area contributed by atoms with Gasteiger partial charge in [-0.25, -0.2) is 0 Å². The summed E-state index contributed by atoms with van der Waals surface area (Å²) in [7, 11) is 1.67. The lowest BCUT2D eigenvalue weighted by Crippen LogP contribution is -2.58. The van der Waals surface area contributed by atoms with Gasteiger partial charge in [-0.1, -0.05) is 31.4 Å². The van der Waals surface area contributed by atoms with Gasteiger partial charge in [-0.15, -0.1) is 0 Å². The second-order valence-corrected chi connectivity index (χ2v) is 6.08. The van der Waals surface area contributed by atoms with Gasteiger partial charge in [0.25, 0.3) is 5.91 Å². The number of aryl methyl sites for hydroxylation is 1. The van der Waals surface area contributed by atoms with E-state index >= 15 is 0 Å². The number of rotatable bonds is 4. The van der Waals surface area contributed by atoms with Crippen LogP contribution in [0.25, 0.3) is 0 Å². The number of benzene rings is 1. The molecule has 2 N–H and O–H groups in total. The fourth-order valence-corrected chi connectivity index (χ4v) is 3.23. The van der Waals surface area contributed by atoms with Gasteiger partial charge >= 0.3 is 0 Å². The summed E-state index contributed by atoms with van der Waals surface area (Å²) in [4.78, 5) is 16.9. The lowest BCUT2D eigenvalue weighted by molar-refractivity contribution is -0.128. The molecule has 1 heterocycles. The Morgan fingerprint density at radius 2 is 1.82 bits per heavy atom. The van der Waals surface area contributed by atoms with Crippen LogP contribution in [0.3, 0.4) is 0 Å². The summed E-state index contributed by atoms with van der Waals surface area (Å²) in [5, 5.41) is 0. The third-order valence-corrected chi connectivity index (χ3v) is 4.58. The number of amidine groups is 1. The van der Waals surface area contributed by atoms with Crippen LogP contribution in [0.5, 0.6) is 5.75 Å². The molecule has 2 aliphatic rings. The minimum atomic E-state index is -0.515. The highest BCUT2D eigenvalue weighted by molar-refractivity contribution is 5.96. The Hall–Kier alpha value is -2.04. The van der Waals surface area contributed by atoms with Crippen molar-refractivity contribution in [2.24, 2.45) is 4.99 Å². The standard InChI is InChI=1S/C17H23N3O2/c1-22-14-8-5-13(6-9-14)7-10-15-18-17(16(21)20-19-15)11-3-2-4-12-17/h5-6,8-9H,2-4,7,10-12H2,1H3,(H,18,19)(H,20,21). The number of nitrogens with one attached hydrogen (secondary N) is 2. The fourth-order valence-electron chi connectivity index (χ4n) is 3.23. The molecule has 1 fully saturated rings. The Kier molecular flexibility index (Phi) is 4.32. The number of ether oxygens (including phenoxy) is 1. The van der Waals surface area contributed by atoms with Crippen molar-refractivity contribution in [1.29, 1.82) is 0 Å². The van der Waals surface area contributed by atoms with Crippen molar-refractivity contribution >= 4 is 11.7 Å². The molecule has 1 saturated carbocycles. The molecule has 0 atom stereocenters. The van der Waals surface area contributed by atoms with Crippen LogP contribution < -0.4 is 15.6 Å². The predicted molar refractivity (Wildman–Crippen MR) is 85.8 cm³/mol. The molecular weight excluding hydrogens is 278 g/mol. The van der Waals surface area contributed by atoms with E-state index in [1.807, 2.05) is 12.1 Å². The molecule has 0 unspecified atom stereocenters. The van der Waals surface area contributed by atoms with E-state index in [1.54, 1.807) is 7.11 Å². The minimum Gasteiger partial charge on any atom is -0.497 e. The second-order valence-electron chi connectivity index (χ2n) is 6.08. The monoisotopic (exact) mass is 301 g/mol. The number of amides is 1. The van der Waals surface area contributed by atoms with Crippen molar-refractivity contribution in [3.63, 3.8) is 0 Å². The van der Waals surface area contributed by atoms with Crippen molar-refractivity contribution in [3.05, 3.63) is 29.8 Å². The fraction of sp³-hybridized carbons (Fsp3) is 0.529. The predicted octanol–water partition coefficient (Wildman–Crippen LogP) is 2.36. The van der Waals surface area contributed by atoms with Gasteiger partial charge in [0.2, 0.25) is 0 Å². The molecule has 1 aliphatic heterocycles. The Morgan fingerprint density at radius 3 is 2.50 bits per heavy atom. The average molecular weight is 301 g/mol. The van der Waals surface area contributed by atoms with Crippen LogP contribution in [-0.2, 0) is 11.2 Å². The topological polar surface area (TPSA) is 62.7 Å². The molecule has 3 rings (SSSR count). The zero-order valence-electron chi connectivity index (χ0n) is 13.0. The van der Waals surface area contributed by atoms with Gasteiger partial charge in [0, 0.05) is 6.42 Å². The van der Waals surface area contributed by atoms with Crippen molar-refractivity contribution in [1.82, 2.24) is 10.9 Å². The van der Waals surface area contributed by atoms with Crippen LogP contribution in [0.2, 0.25) is 0 Å². The molecule has 5 heteroatoms. The van der Waals surface area contributed by atoms with Crippen molar-refractivity contribution < 1.29 is 9.53 Å². The van der Waals surface area contributed by atoms with Crippen molar-refractivity contribution in [2.45, 2.75) is 50.5 Å². The Bertz CT molecular complexity index is 560. The van der Waals surface area contributed by atoms with E-state index < -0.39 is 5.54 Å². The number of nitrogens with zero attached hydrogens (tertiary/aromatic N) is 1. The highest BCUT2D eigenvalue weighted by Gasteiger charge is 2.41. The van der Waals surface area contributed by atoms with Gasteiger partial charge in [-0.2, -0.15) is 0 Å². The average Bonchev–Trinajstić information content (AvgIpc) is 2.57. The van der Waals surface area contributed by atoms with E-state index in [1.165, 1.54) is 12.0 Å². The molecule has 1 aromatic rings. The summed E-state index contributed by atoms with van der Waals surface area (Å²) in [5.74, 6) is 1.78. The highest BCUT2D eigenvalue weighted by atomic mass is 16.5. The summed E-state index contributed by atoms with van der Waals surface area (Å²) in [6, 6.07) is 8.07. The molecule has 0 bridgehead atoms. The molecule has 1 aliphatic carbocycles. The van der Waals surface area contributed by atoms with Crippen LogP contribution in [0, 0.1) is 0 Å². The van der Waals surface area contributed by atoms with E-state index in [2.05, 4.69) is 23.0 Å². The molecule has 118 valence electrons. The van der Waals surface area contributed by atoms with Gasteiger partial charge in [-0.05, 0) is 37.0 Å². The highest BCUT2D eigenvalue weighted by Crippen LogP contribution is 2.33. The summed E-state index contributed by atoms with van der Waals surface area (Å²) in [5.41, 5.74) is 6.49. The maximum absolute atomic E-state index is 12.2. The molecule has 22 heavy (non-hydrogen) atoms. The van der Waals surface area contributed by atoms with Gasteiger partial charge in [-0.3, -0.25) is 20.6 Å². The summed E-state index contributed by atoms with van der Waals surface area (Å²) < 4.78 is 5.17. The first-order chi connectivity index (χ1) is 10.7. The Balaban J connectivity index is 1.66. The second kappa shape index (κ2) is 6.38. The number of carbonyl (C=O) groups excluding carboxylic acids is 1. The van der Waals surface area contributed by atoms with E-state index in [-0.39, 0.29) is 5.91 Å². The van der Waals surface area contributed by atoms with Crippen LogP contribution in [0.1, 0.15) is 44.1 Å². The molecule has 1 spiro atoms. The SMILES string of the molecule is COc1ccc(CCC2=NC3(CCCCC3)C(=O)NN2)cc1. The number of hydrazine groups is 1. The van der Waals surface area contributed by atoms with E-state index in [0.717, 1.165) is 50.1 Å². The summed E-state index contributed by atoms with van der Waals surface area (Å²) >= 11 is 0. The normalized spacial score (nSPS) is 20.0. The number of methoxy groups -OCH3 is 1. The molecule has 1 amide bonds. The zero-order valence-corrected chi connectivity index (χ0v) is 13.0. The van der Waals surface area contributed by atoms with Crippen molar-refractivity contribution in [3.8, 4) is 5.75 Å². The largest absolute Gasteiger partial charge is 0.497 e. The van der Waals surface area contributed by atoms with Gasteiger partial charge in [0.1, 0.15) is 17.1 Å². The molecule has 0 radical (unpaired) electrons. The third kappa shape index (κ3) is 3.08.